The van der Waals surface area contributed by atoms with Gasteiger partial charge in [-0.1, -0.05) is 36.8 Å². The zero-order chi connectivity index (χ0) is 15.5. The number of carbonyl (C=O) groups excluding carboxylic acids is 1. The summed E-state index contributed by atoms with van der Waals surface area (Å²) in [7, 11) is 0. The number of nitrogens with one attached hydrogen (secondary N) is 1. The smallest absolute Gasteiger partial charge is 0.308 e. The Hall–Kier alpha value is -2.21. The van der Waals surface area contributed by atoms with Crippen LogP contribution < -0.4 is 5.32 Å². The molecule has 1 aromatic heterocycles. The topological polar surface area (TPSA) is 79.3 Å². The van der Waals surface area contributed by atoms with Crippen molar-refractivity contribution in [2.45, 2.75) is 25.3 Å². The minimum absolute atomic E-state index is 0.238. The Morgan fingerprint density at radius 3 is 2.73 bits per heavy atom. The first-order chi connectivity index (χ1) is 10.6. The van der Waals surface area contributed by atoms with Crippen LogP contribution in [0.25, 0.3) is 10.6 Å². The van der Waals surface area contributed by atoms with Crippen molar-refractivity contribution < 1.29 is 14.7 Å². The maximum Gasteiger partial charge on any atom is 0.308 e. The van der Waals surface area contributed by atoms with Crippen LogP contribution in [0.1, 0.15) is 28.9 Å². The fourth-order valence-corrected chi connectivity index (χ4v) is 3.59. The van der Waals surface area contributed by atoms with E-state index >= 15 is 0 Å². The molecular formula is C16H16N2O3S. The van der Waals surface area contributed by atoms with Crippen molar-refractivity contribution in [2.75, 3.05) is 0 Å². The fourth-order valence-electron chi connectivity index (χ4n) is 2.76. The average Bonchev–Trinajstić information content (AvgIpc) is 3.17. The molecule has 3 rings (SSSR count). The molecule has 2 aromatic rings. The molecule has 1 aromatic carbocycles. The van der Waals surface area contributed by atoms with Crippen molar-refractivity contribution in [2.24, 2.45) is 5.92 Å². The maximum atomic E-state index is 12.3. The number of hydrogen-bond acceptors (Lipinski definition) is 4. The lowest BCUT2D eigenvalue weighted by atomic mass is 10.0. The first kappa shape index (κ1) is 14.7. The standard InChI is InChI=1S/C16H16N2O3S/c19-14(18-12-8-4-7-11(12)16(20)21)13-9-17-15(22-13)10-5-2-1-3-6-10/h1-3,5-6,9,11-12H,4,7-8H2,(H,18,19)(H,20,21)/t11-,12+/m1/s1. The molecule has 0 radical (unpaired) electrons. The van der Waals surface area contributed by atoms with Crippen LogP contribution in [0, 0.1) is 5.92 Å². The fraction of sp³-hybridized carbons (Fsp3) is 0.312. The van der Waals surface area contributed by atoms with E-state index in [-0.39, 0.29) is 11.9 Å². The Kier molecular flexibility index (Phi) is 4.20. The number of hydrogen-bond donors (Lipinski definition) is 2. The number of aromatic nitrogens is 1. The summed E-state index contributed by atoms with van der Waals surface area (Å²) in [6, 6.07) is 9.37. The molecule has 0 bridgehead atoms. The molecule has 1 aliphatic rings. The van der Waals surface area contributed by atoms with E-state index in [1.165, 1.54) is 11.3 Å². The molecule has 114 valence electrons. The molecule has 0 unspecified atom stereocenters. The molecule has 2 N–H and O–H groups in total. The van der Waals surface area contributed by atoms with Crippen LogP contribution in [-0.2, 0) is 4.79 Å². The number of nitrogens with zero attached hydrogens (tertiary/aromatic N) is 1. The zero-order valence-corrected chi connectivity index (χ0v) is 12.7. The van der Waals surface area contributed by atoms with Gasteiger partial charge in [-0.25, -0.2) is 4.98 Å². The highest BCUT2D eigenvalue weighted by molar-refractivity contribution is 7.16. The molecule has 1 saturated carbocycles. The van der Waals surface area contributed by atoms with Crippen LogP contribution in [0.15, 0.2) is 36.5 Å². The van der Waals surface area contributed by atoms with E-state index in [9.17, 15) is 9.59 Å². The highest BCUT2D eigenvalue weighted by atomic mass is 32.1. The van der Waals surface area contributed by atoms with E-state index < -0.39 is 11.9 Å². The lowest BCUT2D eigenvalue weighted by Crippen LogP contribution is -2.39. The molecule has 2 atom stereocenters. The summed E-state index contributed by atoms with van der Waals surface area (Å²) in [5.74, 6) is -1.56. The average molecular weight is 316 g/mol. The first-order valence-electron chi connectivity index (χ1n) is 7.20. The molecule has 1 amide bonds. The second-order valence-electron chi connectivity index (χ2n) is 5.35. The van der Waals surface area contributed by atoms with Crippen molar-refractivity contribution in [3.8, 4) is 10.6 Å². The van der Waals surface area contributed by atoms with Gasteiger partial charge in [0.15, 0.2) is 0 Å². The van der Waals surface area contributed by atoms with Crippen molar-refractivity contribution in [3.05, 3.63) is 41.4 Å². The number of carboxylic acids is 1. The molecule has 5 nitrogen and oxygen atoms in total. The van der Waals surface area contributed by atoms with Gasteiger partial charge in [0.25, 0.3) is 5.91 Å². The summed E-state index contributed by atoms with van der Waals surface area (Å²) in [4.78, 5) is 28.2. The van der Waals surface area contributed by atoms with Gasteiger partial charge in [0.2, 0.25) is 0 Å². The molecule has 1 fully saturated rings. The van der Waals surface area contributed by atoms with Crippen molar-refractivity contribution in [3.63, 3.8) is 0 Å². The molecule has 0 saturated heterocycles. The molecule has 1 heterocycles. The number of carbonyl (C=O) groups is 2. The third-order valence-electron chi connectivity index (χ3n) is 3.90. The van der Waals surface area contributed by atoms with Gasteiger partial charge in [0, 0.05) is 11.6 Å². The van der Waals surface area contributed by atoms with Gasteiger partial charge in [-0.05, 0) is 12.8 Å². The summed E-state index contributed by atoms with van der Waals surface area (Å²) in [5.41, 5.74) is 0.968. The number of thiazole rings is 1. The van der Waals surface area contributed by atoms with Crippen LogP contribution in [0.5, 0.6) is 0 Å². The van der Waals surface area contributed by atoms with Gasteiger partial charge in [0.1, 0.15) is 9.88 Å². The van der Waals surface area contributed by atoms with Gasteiger partial charge in [-0.15, -0.1) is 11.3 Å². The Morgan fingerprint density at radius 1 is 1.23 bits per heavy atom. The van der Waals surface area contributed by atoms with Gasteiger partial charge in [-0.2, -0.15) is 0 Å². The lowest BCUT2D eigenvalue weighted by molar-refractivity contribution is -0.142. The molecule has 0 spiro atoms. The van der Waals surface area contributed by atoms with Crippen LogP contribution in [0.4, 0.5) is 0 Å². The molecule has 6 heteroatoms. The van der Waals surface area contributed by atoms with Crippen LogP contribution in [-0.4, -0.2) is 28.0 Å². The maximum absolute atomic E-state index is 12.3. The number of rotatable bonds is 4. The first-order valence-corrected chi connectivity index (χ1v) is 8.01. The normalized spacial score (nSPS) is 20.7. The third-order valence-corrected chi connectivity index (χ3v) is 4.95. The number of carboxylic acid groups (broad SMARTS) is 1. The SMILES string of the molecule is O=C(N[C@H]1CCC[C@H]1C(=O)O)c1cnc(-c2ccccc2)s1. The second kappa shape index (κ2) is 6.27. The summed E-state index contributed by atoms with van der Waals surface area (Å²) in [5, 5.41) is 12.8. The molecule has 1 aliphatic carbocycles. The third kappa shape index (κ3) is 3.01. The number of aliphatic carboxylic acids is 1. The van der Waals surface area contributed by atoms with Crippen LogP contribution in [0.3, 0.4) is 0 Å². The van der Waals surface area contributed by atoms with Gasteiger partial charge in [0.05, 0.1) is 12.1 Å². The van der Waals surface area contributed by atoms with Crippen molar-refractivity contribution in [1.29, 1.82) is 0 Å². The number of amides is 1. The summed E-state index contributed by atoms with van der Waals surface area (Å²) < 4.78 is 0. The van der Waals surface area contributed by atoms with E-state index in [2.05, 4.69) is 10.3 Å². The lowest BCUT2D eigenvalue weighted by Gasteiger charge is -2.16. The van der Waals surface area contributed by atoms with Crippen molar-refractivity contribution >= 4 is 23.2 Å². The molecule has 22 heavy (non-hydrogen) atoms. The minimum Gasteiger partial charge on any atom is -0.481 e. The van der Waals surface area contributed by atoms with Gasteiger partial charge < -0.3 is 10.4 Å². The highest BCUT2D eigenvalue weighted by Crippen LogP contribution is 2.28. The monoisotopic (exact) mass is 316 g/mol. The summed E-state index contributed by atoms with van der Waals surface area (Å²) in [6.45, 7) is 0. The zero-order valence-electron chi connectivity index (χ0n) is 11.9. The van der Waals surface area contributed by atoms with Crippen molar-refractivity contribution in [1.82, 2.24) is 10.3 Å². The Labute approximate surface area is 132 Å². The van der Waals surface area contributed by atoms with E-state index in [0.29, 0.717) is 17.7 Å². The quantitative estimate of drug-likeness (QED) is 0.909. The van der Waals surface area contributed by atoms with Crippen LogP contribution >= 0.6 is 11.3 Å². The Bertz CT molecular complexity index is 684. The van der Waals surface area contributed by atoms with E-state index in [1.54, 1.807) is 6.20 Å². The predicted molar refractivity (Wildman–Crippen MR) is 83.8 cm³/mol. The predicted octanol–water partition coefficient (Wildman–Crippen LogP) is 2.79. The number of benzene rings is 1. The van der Waals surface area contributed by atoms with Gasteiger partial charge in [-0.3, -0.25) is 9.59 Å². The largest absolute Gasteiger partial charge is 0.481 e. The van der Waals surface area contributed by atoms with Crippen LogP contribution in [0.2, 0.25) is 0 Å². The minimum atomic E-state index is -0.836. The molecular weight excluding hydrogens is 300 g/mol. The Morgan fingerprint density at radius 2 is 2.00 bits per heavy atom. The summed E-state index contributed by atoms with van der Waals surface area (Å²) in [6.07, 6.45) is 3.72. The Balaban J connectivity index is 1.71. The highest BCUT2D eigenvalue weighted by Gasteiger charge is 2.34. The molecule has 0 aliphatic heterocycles. The van der Waals surface area contributed by atoms with E-state index in [0.717, 1.165) is 17.0 Å². The summed E-state index contributed by atoms with van der Waals surface area (Å²) >= 11 is 1.32. The van der Waals surface area contributed by atoms with Gasteiger partial charge >= 0.3 is 5.97 Å². The second-order valence-corrected chi connectivity index (χ2v) is 6.38. The van der Waals surface area contributed by atoms with E-state index in [4.69, 9.17) is 5.11 Å². The van der Waals surface area contributed by atoms with E-state index in [1.807, 2.05) is 30.3 Å².